The minimum atomic E-state index is -0.189. The first-order valence-electron chi connectivity index (χ1n) is 6.85. The van der Waals surface area contributed by atoms with Crippen LogP contribution in [0.3, 0.4) is 0 Å². The summed E-state index contributed by atoms with van der Waals surface area (Å²) in [6.45, 7) is 0.670. The Kier molecular flexibility index (Phi) is 4.23. The maximum absolute atomic E-state index is 13.7. The summed E-state index contributed by atoms with van der Waals surface area (Å²) in [5.74, 6) is -0.189. The van der Waals surface area contributed by atoms with Crippen molar-refractivity contribution in [1.29, 1.82) is 0 Å². The number of hydrogen-bond acceptors (Lipinski definition) is 2. The smallest absolute Gasteiger partial charge is 0.124 e. The van der Waals surface area contributed by atoms with Crippen molar-refractivity contribution >= 4 is 22.5 Å². The van der Waals surface area contributed by atoms with E-state index in [0.717, 1.165) is 15.4 Å². The van der Waals surface area contributed by atoms with E-state index in [4.69, 9.17) is 0 Å². The van der Waals surface area contributed by atoms with Gasteiger partial charge in [0.1, 0.15) is 5.82 Å². The Hall–Kier alpha value is -1.84. The minimum Gasteiger partial charge on any atom is -0.316 e. The molecule has 106 valence electrons. The number of halogens is 1. The third-order valence-electron chi connectivity index (χ3n) is 3.27. The van der Waals surface area contributed by atoms with Crippen LogP contribution in [0, 0.1) is 5.82 Å². The van der Waals surface area contributed by atoms with Gasteiger partial charge < -0.3 is 5.32 Å². The molecule has 0 radical (unpaired) electrons. The molecule has 0 bridgehead atoms. The topological polar surface area (TPSA) is 12.0 Å². The summed E-state index contributed by atoms with van der Waals surface area (Å²) in [5.41, 5.74) is 0.959. The molecule has 0 saturated carbocycles. The van der Waals surface area contributed by atoms with Crippen LogP contribution in [0.1, 0.15) is 5.56 Å². The Morgan fingerprint density at radius 2 is 1.71 bits per heavy atom. The van der Waals surface area contributed by atoms with Crippen molar-refractivity contribution < 1.29 is 4.39 Å². The van der Waals surface area contributed by atoms with Crippen LogP contribution in [-0.2, 0) is 6.54 Å². The molecule has 0 amide bonds. The van der Waals surface area contributed by atoms with Crippen LogP contribution in [0.5, 0.6) is 0 Å². The summed E-state index contributed by atoms with van der Waals surface area (Å²) in [7, 11) is 1.86. The number of rotatable bonds is 4. The quantitative estimate of drug-likeness (QED) is 0.739. The van der Waals surface area contributed by atoms with Gasteiger partial charge in [0.25, 0.3) is 0 Å². The highest BCUT2D eigenvalue weighted by Gasteiger charge is 2.04. The van der Waals surface area contributed by atoms with E-state index in [0.29, 0.717) is 6.54 Å². The molecule has 21 heavy (non-hydrogen) atoms. The van der Waals surface area contributed by atoms with Crippen molar-refractivity contribution in [1.82, 2.24) is 5.32 Å². The maximum atomic E-state index is 13.7. The van der Waals surface area contributed by atoms with E-state index >= 15 is 0 Å². The molecule has 0 aliphatic heterocycles. The van der Waals surface area contributed by atoms with Crippen molar-refractivity contribution in [3.63, 3.8) is 0 Å². The molecule has 1 nitrogen and oxygen atoms in total. The molecule has 0 unspecified atom stereocenters. The fourth-order valence-corrected chi connectivity index (χ4v) is 3.33. The van der Waals surface area contributed by atoms with Crippen LogP contribution in [0.25, 0.3) is 10.8 Å². The lowest BCUT2D eigenvalue weighted by Gasteiger charge is -2.07. The first-order chi connectivity index (χ1) is 10.2. The molecule has 0 fully saturated rings. The molecule has 0 heterocycles. The Morgan fingerprint density at radius 1 is 0.905 bits per heavy atom. The second kappa shape index (κ2) is 6.29. The van der Waals surface area contributed by atoms with Gasteiger partial charge in [-0.3, -0.25) is 0 Å². The van der Waals surface area contributed by atoms with Crippen LogP contribution in [-0.4, -0.2) is 7.05 Å². The van der Waals surface area contributed by atoms with Crippen LogP contribution in [0.15, 0.2) is 70.5 Å². The third kappa shape index (κ3) is 3.43. The molecule has 3 aromatic carbocycles. The molecule has 3 rings (SSSR count). The fourth-order valence-electron chi connectivity index (χ4n) is 2.35. The Bertz CT molecular complexity index is 770. The van der Waals surface area contributed by atoms with Crippen molar-refractivity contribution in [2.45, 2.75) is 16.3 Å². The van der Waals surface area contributed by atoms with Gasteiger partial charge in [-0.05, 0) is 53.7 Å². The Morgan fingerprint density at radius 3 is 2.52 bits per heavy atom. The average Bonchev–Trinajstić information content (AvgIpc) is 2.47. The van der Waals surface area contributed by atoms with Crippen LogP contribution < -0.4 is 5.32 Å². The van der Waals surface area contributed by atoms with Gasteiger partial charge in [-0.15, -0.1) is 0 Å². The van der Waals surface area contributed by atoms with Crippen LogP contribution >= 0.6 is 11.8 Å². The van der Waals surface area contributed by atoms with Gasteiger partial charge in [0, 0.05) is 16.3 Å². The SMILES string of the molecule is CNCc1cc(F)cc(Sc2ccc3ccccc3c2)c1. The second-order valence-electron chi connectivity index (χ2n) is 4.94. The molecule has 0 saturated heterocycles. The van der Waals surface area contributed by atoms with Crippen LogP contribution in [0.2, 0.25) is 0 Å². The standard InChI is InChI=1S/C18H16FNS/c1-20-12-13-8-16(19)11-18(9-13)21-17-7-6-14-4-2-3-5-15(14)10-17/h2-11,20H,12H2,1H3. The first kappa shape index (κ1) is 14.1. The molecule has 0 atom stereocenters. The van der Waals surface area contributed by atoms with E-state index in [1.54, 1.807) is 23.9 Å². The zero-order valence-electron chi connectivity index (χ0n) is 11.8. The number of benzene rings is 3. The van der Waals surface area contributed by atoms with E-state index in [-0.39, 0.29) is 5.82 Å². The van der Waals surface area contributed by atoms with E-state index in [1.165, 1.54) is 10.8 Å². The maximum Gasteiger partial charge on any atom is 0.124 e. The van der Waals surface area contributed by atoms with Gasteiger partial charge in [-0.1, -0.05) is 42.1 Å². The second-order valence-corrected chi connectivity index (χ2v) is 6.08. The number of nitrogens with one attached hydrogen (secondary N) is 1. The first-order valence-corrected chi connectivity index (χ1v) is 7.67. The molecular weight excluding hydrogens is 281 g/mol. The Balaban J connectivity index is 1.90. The fraction of sp³-hybridized carbons (Fsp3) is 0.111. The summed E-state index contributed by atoms with van der Waals surface area (Å²) in [4.78, 5) is 2.05. The van der Waals surface area contributed by atoms with Gasteiger partial charge in [0.05, 0.1) is 0 Å². The van der Waals surface area contributed by atoms with Crippen molar-refractivity contribution in [3.8, 4) is 0 Å². The molecule has 0 aromatic heterocycles. The van der Waals surface area contributed by atoms with E-state index in [1.807, 2.05) is 25.2 Å². The molecule has 1 N–H and O–H groups in total. The summed E-state index contributed by atoms with van der Waals surface area (Å²) in [6, 6.07) is 19.8. The predicted molar refractivity (Wildman–Crippen MR) is 87.2 cm³/mol. The van der Waals surface area contributed by atoms with Crippen molar-refractivity contribution in [2.75, 3.05) is 7.05 Å². The van der Waals surface area contributed by atoms with E-state index in [9.17, 15) is 4.39 Å². The van der Waals surface area contributed by atoms with E-state index < -0.39 is 0 Å². The molecule has 3 aromatic rings. The minimum absolute atomic E-state index is 0.189. The highest BCUT2D eigenvalue weighted by molar-refractivity contribution is 7.99. The van der Waals surface area contributed by atoms with Gasteiger partial charge in [-0.2, -0.15) is 0 Å². The molecule has 3 heteroatoms. The van der Waals surface area contributed by atoms with Crippen LogP contribution in [0.4, 0.5) is 4.39 Å². The lowest BCUT2D eigenvalue weighted by atomic mass is 10.1. The van der Waals surface area contributed by atoms with Gasteiger partial charge >= 0.3 is 0 Å². The zero-order chi connectivity index (χ0) is 14.7. The highest BCUT2D eigenvalue weighted by atomic mass is 32.2. The van der Waals surface area contributed by atoms with Crippen molar-refractivity contribution in [3.05, 3.63) is 72.0 Å². The van der Waals surface area contributed by atoms with Gasteiger partial charge in [0.15, 0.2) is 0 Å². The zero-order valence-corrected chi connectivity index (χ0v) is 12.6. The van der Waals surface area contributed by atoms with E-state index in [2.05, 4.69) is 35.6 Å². The number of fused-ring (bicyclic) bond motifs is 1. The monoisotopic (exact) mass is 297 g/mol. The lowest BCUT2D eigenvalue weighted by Crippen LogP contribution is -2.05. The highest BCUT2D eigenvalue weighted by Crippen LogP contribution is 2.31. The molecule has 0 aliphatic rings. The molecular formula is C18H16FNS. The van der Waals surface area contributed by atoms with Crippen molar-refractivity contribution in [2.24, 2.45) is 0 Å². The molecule has 0 spiro atoms. The third-order valence-corrected chi connectivity index (χ3v) is 4.23. The average molecular weight is 297 g/mol. The van der Waals surface area contributed by atoms with Gasteiger partial charge in [0.2, 0.25) is 0 Å². The Labute approximate surface area is 128 Å². The summed E-state index contributed by atoms with van der Waals surface area (Å²) < 4.78 is 13.7. The largest absolute Gasteiger partial charge is 0.316 e. The summed E-state index contributed by atoms with van der Waals surface area (Å²) in [6.07, 6.45) is 0. The normalized spacial score (nSPS) is 11.0. The summed E-state index contributed by atoms with van der Waals surface area (Å²) >= 11 is 1.59. The molecule has 0 aliphatic carbocycles. The predicted octanol–water partition coefficient (Wildman–Crippen LogP) is 4.85. The van der Waals surface area contributed by atoms with Gasteiger partial charge in [-0.25, -0.2) is 4.39 Å². The number of hydrogen-bond donors (Lipinski definition) is 1. The summed E-state index contributed by atoms with van der Waals surface area (Å²) in [5, 5.41) is 5.47. The lowest BCUT2D eigenvalue weighted by molar-refractivity contribution is 0.619.